The van der Waals surface area contributed by atoms with Gasteiger partial charge < -0.3 is 0 Å². The smallest absolute Gasteiger partial charge is 0.0348 e. The fourth-order valence-corrected chi connectivity index (χ4v) is 3.63. The van der Waals surface area contributed by atoms with Crippen LogP contribution in [0.2, 0.25) is 0 Å². The Hall–Kier alpha value is -0.690. The van der Waals surface area contributed by atoms with Crippen molar-refractivity contribution in [3.63, 3.8) is 0 Å². The normalized spacial score (nSPS) is 24.9. The Morgan fingerprint density at radius 1 is 1.23 bits per heavy atom. The molecule has 0 saturated heterocycles. The summed E-state index contributed by atoms with van der Waals surface area (Å²) in [6.07, 6.45) is 6.45. The predicted octanol–water partition coefficient (Wildman–Crippen LogP) is 3.73. The third-order valence-electron chi connectivity index (χ3n) is 2.85. The van der Waals surface area contributed by atoms with E-state index in [2.05, 4.69) is 42.1 Å². The Kier molecular flexibility index (Phi) is 1.72. The highest BCUT2D eigenvalue weighted by Crippen LogP contribution is 2.48. The lowest BCUT2D eigenvalue weighted by molar-refractivity contribution is 0.756. The zero-order valence-electron chi connectivity index (χ0n) is 7.49. The van der Waals surface area contributed by atoms with Gasteiger partial charge in [-0.05, 0) is 36.5 Å². The van der Waals surface area contributed by atoms with Crippen molar-refractivity contribution in [2.75, 3.05) is 0 Å². The topological polar surface area (TPSA) is 0 Å². The summed E-state index contributed by atoms with van der Waals surface area (Å²) in [5.74, 6) is 0. The lowest BCUT2D eigenvalue weighted by atomic mass is 9.94. The van der Waals surface area contributed by atoms with Crippen LogP contribution in [0.25, 0.3) is 5.57 Å². The molecule has 1 aliphatic carbocycles. The molecule has 13 heavy (non-hydrogen) atoms. The van der Waals surface area contributed by atoms with Crippen molar-refractivity contribution in [3.05, 3.63) is 35.9 Å². The standard InChI is InChI=1S/C12H12S/c1-3-7-11-9(5-1)10-6-2-4-8-12(10)13-11/h1,3,5-7,12H,2,4,8H2. The summed E-state index contributed by atoms with van der Waals surface area (Å²) < 4.78 is 0. The van der Waals surface area contributed by atoms with Gasteiger partial charge in [0.05, 0.1) is 0 Å². The molecule has 66 valence electrons. The van der Waals surface area contributed by atoms with Crippen LogP contribution in [0.5, 0.6) is 0 Å². The molecule has 1 aliphatic heterocycles. The summed E-state index contributed by atoms with van der Waals surface area (Å²) in [5.41, 5.74) is 3.10. The summed E-state index contributed by atoms with van der Waals surface area (Å²) >= 11 is 2.05. The zero-order valence-corrected chi connectivity index (χ0v) is 8.31. The van der Waals surface area contributed by atoms with Gasteiger partial charge in [0.15, 0.2) is 0 Å². The molecule has 2 aliphatic rings. The van der Waals surface area contributed by atoms with Gasteiger partial charge in [0.2, 0.25) is 0 Å². The highest BCUT2D eigenvalue weighted by molar-refractivity contribution is 8.00. The van der Waals surface area contributed by atoms with E-state index in [0.29, 0.717) is 0 Å². The molecule has 0 amide bonds. The van der Waals surface area contributed by atoms with Crippen molar-refractivity contribution in [1.29, 1.82) is 0 Å². The molecule has 0 saturated carbocycles. The Morgan fingerprint density at radius 2 is 2.15 bits per heavy atom. The van der Waals surface area contributed by atoms with Gasteiger partial charge in [-0.3, -0.25) is 0 Å². The second-order valence-electron chi connectivity index (χ2n) is 3.69. The molecule has 1 unspecified atom stereocenters. The van der Waals surface area contributed by atoms with Crippen LogP contribution in [-0.4, -0.2) is 5.25 Å². The van der Waals surface area contributed by atoms with Crippen molar-refractivity contribution in [2.24, 2.45) is 0 Å². The summed E-state index contributed by atoms with van der Waals surface area (Å²) in [4.78, 5) is 1.49. The van der Waals surface area contributed by atoms with E-state index in [0.717, 1.165) is 5.25 Å². The van der Waals surface area contributed by atoms with Crippen LogP contribution in [0, 0.1) is 0 Å². The first-order valence-corrected chi connectivity index (χ1v) is 5.79. The summed E-state index contributed by atoms with van der Waals surface area (Å²) in [7, 11) is 0. The van der Waals surface area contributed by atoms with Crippen LogP contribution in [-0.2, 0) is 0 Å². The Balaban J connectivity index is 2.13. The van der Waals surface area contributed by atoms with Gasteiger partial charge >= 0.3 is 0 Å². The summed E-state index contributed by atoms with van der Waals surface area (Å²) in [5, 5.41) is 0.770. The van der Waals surface area contributed by atoms with E-state index in [1.54, 1.807) is 5.57 Å². The Labute approximate surface area is 83.0 Å². The van der Waals surface area contributed by atoms with E-state index in [-0.39, 0.29) is 0 Å². The maximum absolute atomic E-state index is 2.44. The van der Waals surface area contributed by atoms with Crippen molar-refractivity contribution in [2.45, 2.75) is 29.4 Å². The van der Waals surface area contributed by atoms with Crippen LogP contribution in [0.15, 0.2) is 35.2 Å². The van der Waals surface area contributed by atoms with E-state index in [9.17, 15) is 0 Å². The highest BCUT2D eigenvalue weighted by atomic mass is 32.2. The molecule has 0 N–H and O–H groups in total. The molecule has 0 spiro atoms. The maximum atomic E-state index is 2.44. The van der Waals surface area contributed by atoms with Gasteiger partial charge in [-0.2, -0.15) is 0 Å². The average Bonchev–Trinajstić information content (AvgIpc) is 2.56. The number of fused-ring (bicyclic) bond motifs is 3. The van der Waals surface area contributed by atoms with Crippen molar-refractivity contribution < 1.29 is 0 Å². The van der Waals surface area contributed by atoms with Gasteiger partial charge in [0.25, 0.3) is 0 Å². The fourth-order valence-electron chi connectivity index (χ4n) is 2.21. The van der Waals surface area contributed by atoms with Crippen LogP contribution < -0.4 is 0 Å². The van der Waals surface area contributed by atoms with Crippen LogP contribution >= 0.6 is 11.8 Å². The Bertz CT molecular complexity index is 365. The summed E-state index contributed by atoms with van der Waals surface area (Å²) in [6.45, 7) is 0. The second-order valence-corrected chi connectivity index (χ2v) is 4.94. The van der Waals surface area contributed by atoms with Crippen molar-refractivity contribution in [1.82, 2.24) is 0 Å². The summed E-state index contributed by atoms with van der Waals surface area (Å²) in [6, 6.07) is 8.81. The number of rotatable bonds is 0. The molecule has 1 heteroatoms. The molecule has 0 nitrogen and oxygen atoms in total. The van der Waals surface area contributed by atoms with Crippen molar-refractivity contribution in [3.8, 4) is 0 Å². The molecular weight excluding hydrogens is 176 g/mol. The van der Waals surface area contributed by atoms with Gasteiger partial charge in [-0.1, -0.05) is 24.3 Å². The number of thioether (sulfide) groups is 1. The minimum atomic E-state index is 0.770. The molecule has 1 atom stereocenters. The average molecular weight is 188 g/mol. The van der Waals surface area contributed by atoms with Gasteiger partial charge in [0, 0.05) is 10.1 Å². The molecule has 3 rings (SSSR count). The Morgan fingerprint density at radius 3 is 3.15 bits per heavy atom. The molecule has 1 aromatic rings. The third kappa shape index (κ3) is 1.14. The first-order valence-electron chi connectivity index (χ1n) is 4.91. The molecule has 0 radical (unpaired) electrons. The number of allylic oxidation sites excluding steroid dienone is 1. The first-order chi connectivity index (χ1) is 6.45. The molecule has 0 fully saturated rings. The lowest BCUT2D eigenvalue weighted by Gasteiger charge is -2.15. The molecule has 0 aromatic heterocycles. The lowest BCUT2D eigenvalue weighted by Crippen LogP contribution is -2.03. The van der Waals surface area contributed by atoms with Crippen LogP contribution in [0.1, 0.15) is 24.8 Å². The number of benzene rings is 1. The van der Waals surface area contributed by atoms with E-state index in [1.165, 1.54) is 29.7 Å². The molecule has 1 aromatic carbocycles. The van der Waals surface area contributed by atoms with Crippen molar-refractivity contribution >= 4 is 17.3 Å². The monoisotopic (exact) mass is 188 g/mol. The zero-order chi connectivity index (χ0) is 8.67. The van der Waals surface area contributed by atoms with E-state index < -0.39 is 0 Å². The van der Waals surface area contributed by atoms with E-state index >= 15 is 0 Å². The first kappa shape index (κ1) is 7.69. The largest absolute Gasteiger partial charge is 0.117 e. The molecular formula is C12H12S. The van der Waals surface area contributed by atoms with E-state index in [1.807, 2.05) is 0 Å². The fraction of sp³-hybridized carbons (Fsp3) is 0.333. The quantitative estimate of drug-likeness (QED) is 0.598. The maximum Gasteiger partial charge on any atom is 0.0348 e. The molecule has 0 bridgehead atoms. The SMILES string of the molecule is C1=C2c3ccccc3SC2CCC1. The number of hydrogen-bond acceptors (Lipinski definition) is 1. The second kappa shape index (κ2) is 2.91. The molecule has 1 heterocycles. The van der Waals surface area contributed by atoms with E-state index in [4.69, 9.17) is 0 Å². The number of hydrogen-bond donors (Lipinski definition) is 0. The van der Waals surface area contributed by atoms with Gasteiger partial charge in [-0.15, -0.1) is 11.8 Å². The third-order valence-corrected chi connectivity index (χ3v) is 4.23. The van der Waals surface area contributed by atoms with Crippen LogP contribution in [0.3, 0.4) is 0 Å². The van der Waals surface area contributed by atoms with Gasteiger partial charge in [-0.25, -0.2) is 0 Å². The predicted molar refractivity (Wildman–Crippen MR) is 57.9 cm³/mol. The highest BCUT2D eigenvalue weighted by Gasteiger charge is 2.28. The van der Waals surface area contributed by atoms with Gasteiger partial charge in [0.1, 0.15) is 0 Å². The van der Waals surface area contributed by atoms with Crippen LogP contribution in [0.4, 0.5) is 0 Å². The minimum Gasteiger partial charge on any atom is -0.117 e. The minimum absolute atomic E-state index is 0.770.